The highest BCUT2D eigenvalue weighted by Gasteiger charge is 2.62. The second-order valence-electron chi connectivity index (χ2n) is 7.96. The minimum atomic E-state index is -4.18. The first-order valence-corrected chi connectivity index (χ1v) is 10.4. The van der Waals surface area contributed by atoms with Gasteiger partial charge in [-0.15, -0.1) is 0 Å². The Balaban J connectivity index is 0.000000142. The van der Waals surface area contributed by atoms with E-state index in [9.17, 15) is 26.3 Å². The normalized spacial score (nSPS) is 15.2. The molecule has 6 heteroatoms. The SMILES string of the molecule is FC1(F)c2ccccc2-c2ccccc2C1(F)F.Fc1c(F)c2ccccc2c2ccccc12. The van der Waals surface area contributed by atoms with Gasteiger partial charge in [0.25, 0.3) is 0 Å². The van der Waals surface area contributed by atoms with E-state index < -0.39 is 34.6 Å². The van der Waals surface area contributed by atoms with Crippen molar-refractivity contribution < 1.29 is 26.3 Å². The van der Waals surface area contributed by atoms with Crippen LogP contribution in [0.5, 0.6) is 0 Å². The molecular weight excluding hydrogens is 450 g/mol. The zero-order chi connectivity index (χ0) is 24.1. The van der Waals surface area contributed by atoms with Crippen molar-refractivity contribution in [1.29, 1.82) is 0 Å². The summed E-state index contributed by atoms with van der Waals surface area (Å²) in [5.74, 6) is -9.90. The van der Waals surface area contributed by atoms with Crippen LogP contribution in [0.25, 0.3) is 32.7 Å². The number of fused-ring (bicyclic) bond motifs is 6. The fraction of sp³-hybridized carbons (Fsp3) is 0.0714. The summed E-state index contributed by atoms with van der Waals surface area (Å²) in [7, 11) is 0. The molecule has 0 N–H and O–H groups in total. The third-order valence-electron chi connectivity index (χ3n) is 6.03. The monoisotopic (exact) mass is 466 g/mol. The van der Waals surface area contributed by atoms with Crippen LogP contribution in [0.3, 0.4) is 0 Å². The Morgan fingerprint density at radius 1 is 0.382 bits per heavy atom. The van der Waals surface area contributed by atoms with Gasteiger partial charge in [-0.05, 0) is 21.9 Å². The molecule has 0 saturated heterocycles. The third-order valence-corrected chi connectivity index (χ3v) is 6.03. The van der Waals surface area contributed by atoms with Crippen molar-refractivity contribution >= 4 is 21.5 Å². The van der Waals surface area contributed by atoms with Gasteiger partial charge in [0, 0.05) is 21.9 Å². The van der Waals surface area contributed by atoms with Gasteiger partial charge in [0.15, 0.2) is 11.6 Å². The van der Waals surface area contributed by atoms with Gasteiger partial charge in [-0.1, -0.05) is 97.1 Å². The van der Waals surface area contributed by atoms with Crippen LogP contribution in [0.15, 0.2) is 97.1 Å². The van der Waals surface area contributed by atoms with E-state index >= 15 is 0 Å². The summed E-state index contributed by atoms with van der Waals surface area (Å²) in [5.41, 5.74) is -0.893. The molecule has 0 saturated carbocycles. The predicted octanol–water partition coefficient (Wildman–Crippen LogP) is 8.82. The summed E-state index contributed by atoms with van der Waals surface area (Å²) in [6.45, 7) is 0. The summed E-state index contributed by atoms with van der Waals surface area (Å²) in [4.78, 5) is 0. The topological polar surface area (TPSA) is 0 Å². The zero-order valence-corrected chi connectivity index (χ0v) is 17.5. The lowest BCUT2D eigenvalue weighted by atomic mass is 9.81. The molecule has 170 valence electrons. The Morgan fingerprint density at radius 3 is 1.06 bits per heavy atom. The molecule has 34 heavy (non-hydrogen) atoms. The van der Waals surface area contributed by atoms with Gasteiger partial charge in [0.05, 0.1) is 0 Å². The Morgan fingerprint density at radius 2 is 0.676 bits per heavy atom. The first-order chi connectivity index (χ1) is 16.2. The van der Waals surface area contributed by atoms with Gasteiger partial charge >= 0.3 is 11.8 Å². The summed E-state index contributed by atoms with van der Waals surface area (Å²) in [6.07, 6.45) is 0. The van der Waals surface area contributed by atoms with Gasteiger partial charge in [-0.3, -0.25) is 0 Å². The van der Waals surface area contributed by atoms with E-state index in [1.165, 1.54) is 24.3 Å². The molecule has 0 amide bonds. The Kier molecular flexibility index (Phi) is 5.12. The van der Waals surface area contributed by atoms with Crippen molar-refractivity contribution in [2.75, 3.05) is 0 Å². The number of benzene rings is 5. The number of hydrogen-bond donors (Lipinski definition) is 0. The lowest BCUT2D eigenvalue weighted by Crippen LogP contribution is -2.39. The molecule has 6 rings (SSSR count). The predicted molar refractivity (Wildman–Crippen MR) is 121 cm³/mol. The zero-order valence-electron chi connectivity index (χ0n) is 17.5. The summed E-state index contributed by atoms with van der Waals surface area (Å²) < 4.78 is 83.1. The van der Waals surface area contributed by atoms with Crippen LogP contribution in [0.4, 0.5) is 26.3 Å². The minimum absolute atomic E-state index is 0.170. The number of halogens is 6. The van der Waals surface area contributed by atoms with Crippen LogP contribution in [0.2, 0.25) is 0 Å². The first-order valence-electron chi connectivity index (χ1n) is 10.4. The molecule has 0 atom stereocenters. The van der Waals surface area contributed by atoms with Gasteiger partial charge in [0.2, 0.25) is 0 Å². The summed E-state index contributed by atoms with van der Waals surface area (Å²) in [6, 6.07) is 24.7. The van der Waals surface area contributed by atoms with Crippen LogP contribution in [-0.2, 0) is 11.8 Å². The van der Waals surface area contributed by atoms with Gasteiger partial charge < -0.3 is 0 Å². The second kappa shape index (κ2) is 7.90. The van der Waals surface area contributed by atoms with Crippen LogP contribution in [0.1, 0.15) is 11.1 Å². The standard InChI is InChI=1S/C14H8F4.C14H8F2/c15-13(16)11-7-3-1-5-9(11)10-6-2-4-8-12(10)14(13,17)18;15-13-11-7-3-1-5-9(11)10-6-2-4-8-12(10)14(13)16/h1-8H;1-8H. The number of hydrogen-bond acceptors (Lipinski definition) is 0. The molecule has 0 unspecified atom stereocenters. The number of alkyl halides is 4. The van der Waals surface area contributed by atoms with Crippen molar-refractivity contribution in [2.24, 2.45) is 0 Å². The highest BCUT2D eigenvalue weighted by molar-refractivity contribution is 6.07. The van der Waals surface area contributed by atoms with Gasteiger partial charge in [-0.25, -0.2) is 8.78 Å². The van der Waals surface area contributed by atoms with Crippen molar-refractivity contribution in [3.05, 3.63) is 120 Å². The van der Waals surface area contributed by atoms with Crippen molar-refractivity contribution in [1.82, 2.24) is 0 Å². The molecule has 0 radical (unpaired) electrons. The lowest BCUT2D eigenvalue weighted by Gasteiger charge is -2.34. The van der Waals surface area contributed by atoms with E-state index in [1.807, 2.05) is 12.1 Å². The highest BCUT2D eigenvalue weighted by atomic mass is 19.3. The summed E-state index contributed by atoms with van der Waals surface area (Å²) >= 11 is 0. The maximum Gasteiger partial charge on any atom is 0.340 e. The largest absolute Gasteiger partial charge is 0.340 e. The molecule has 5 aromatic rings. The number of rotatable bonds is 0. The average Bonchev–Trinajstić information content (AvgIpc) is 2.87. The fourth-order valence-electron chi connectivity index (χ4n) is 4.38. The third kappa shape index (κ3) is 3.16. The van der Waals surface area contributed by atoms with E-state index in [0.29, 0.717) is 10.8 Å². The van der Waals surface area contributed by atoms with Crippen LogP contribution in [0, 0.1) is 11.6 Å². The fourth-order valence-corrected chi connectivity index (χ4v) is 4.38. The van der Waals surface area contributed by atoms with Gasteiger partial charge in [0.1, 0.15) is 0 Å². The molecule has 0 aliphatic heterocycles. The Hall–Kier alpha value is -3.80. The van der Waals surface area contributed by atoms with Crippen molar-refractivity contribution in [2.45, 2.75) is 11.8 Å². The van der Waals surface area contributed by atoms with Crippen molar-refractivity contribution in [3.8, 4) is 11.1 Å². The first kappa shape index (κ1) is 22.0. The average molecular weight is 466 g/mol. The molecule has 5 aromatic carbocycles. The molecule has 0 nitrogen and oxygen atoms in total. The van der Waals surface area contributed by atoms with Gasteiger partial charge in [-0.2, -0.15) is 17.6 Å². The van der Waals surface area contributed by atoms with Crippen LogP contribution >= 0.6 is 0 Å². The lowest BCUT2D eigenvalue weighted by molar-refractivity contribution is -0.225. The van der Waals surface area contributed by atoms with E-state index in [-0.39, 0.29) is 11.1 Å². The van der Waals surface area contributed by atoms with E-state index in [2.05, 4.69) is 0 Å². The molecule has 0 spiro atoms. The molecule has 1 aliphatic rings. The van der Waals surface area contributed by atoms with Crippen molar-refractivity contribution in [3.63, 3.8) is 0 Å². The maximum absolute atomic E-state index is 13.9. The van der Waals surface area contributed by atoms with E-state index in [0.717, 1.165) is 22.9 Å². The Bertz CT molecular complexity index is 1420. The quantitative estimate of drug-likeness (QED) is 0.158. The minimum Gasteiger partial charge on any atom is -0.203 e. The second-order valence-corrected chi connectivity index (χ2v) is 7.96. The molecular formula is C28H16F6. The molecule has 0 heterocycles. The van der Waals surface area contributed by atoms with Crippen LogP contribution in [-0.4, -0.2) is 0 Å². The smallest absolute Gasteiger partial charge is 0.203 e. The molecule has 0 bridgehead atoms. The Labute approximate surface area is 191 Å². The van der Waals surface area contributed by atoms with Crippen LogP contribution < -0.4 is 0 Å². The highest BCUT2D eigenvalue weighted by Crippen LogP contribution is 2.57. The van der Waals surface area contributed by atoms with E-state index in [1.54, 1.807) is 48.5 Å². The molecule has 0 aromatic heterocycles. The summed E-state index contributed by atoms with van der Waals surface area (Å²) in [5, 5.41) is 2.16. The molecule has 1 aliphatic carbocycles. The maximum atomic E-state index is 13.9. The molecule has 0 fully saturated rings. The van der Waals surface area contributed by atoms with E-state index in [4.69, 9.17) is 0 Å².